The summed E-state index contributed by atoms with van der Waals surface area (Å²) in [5.74, 6) is 1.69. The van der Waals surface area contributed by atoms with Crippen molar-refractivity contribution < 1.29 is 4.74 Å². The Hall–Kier alpha value is -0.690. The molecule has 0 bridgehead atoms. The van der Waals surface area contributed by atoms with Crippen molar-refractivity contribution in [1.29, 1.82) is 0 Å². The molecule has 0 saturated heterocycles. The monoisotopic (exact) mass is 210 g/mol. The normalized spacial score (nSPS) is 14.2. The van der Waals surface area contributed by atoms with E-state index in [1.54, 1.807) is 7.11 Å². The highest BCUT2D eigenvalue weighted by Gasteiger charge is 2.20. The lowest BCUT2D eigenvalue weighted by Crippen LogP contribution is -1.98. The Morgan fingerprint density at radius 1 is 1.36 bits per heavy atom. The van der Waals surface area contributed by atoms with Gasteiger partial charge in [-0.1, -0.05) is 6.07 Å². The van der Waals surface area contributed by atoms with Gasteiger partial charge < -0.3 is 4.74 Å². The lowest BCUT2D eigenvalue weighted by molar-refractivity contribution is 0.407. The summed E-state index contributed by atoms with van der Waals surface area (Å²) in [5, 5.41) is 0. The third kappa shape index (κ3) is 1.40. The van der Waals surface area contributed by atoms with Crippen LogP contribution < -0.4 is 4.74 Å². The number of halogens is 1. The van der Waals surface area contributed by atoms with Crippen molar-refractivity contribution in [2.75, 3.05) is 7.11 Å². The van der Waals surface area contributed by atoms with Gasteiger partial charge in [-0.2, -0.15) is 0 Å². The molecule has 0 heterocycles. The van der Waals surface area contributed by atoms with Gasteiger partial charge in [-0.25, -0.2) is 0 Å². The second kappa shape index (κ2) is 3.82. The molecule has 14 heavy (non-hydrogen) atoms. The van der Waals surface area contributed by atoms with Gasteiger partial charge in [-0.15, -0.1) is 11.6 Å². The molecule has 0 amide bonds. The Morgan fingerprint density at radius 2 is 2.07 bits per heavy atom. The van der Waals surface area contributed by atoms with Gasteiger partial charge in [0.05, 0.1) is 7.11 Å². The highest BCUT2D eigenvalue weighted by Crippen LogP contribution is 2.36. The summed E-state index contributed by atoms with van der Waals surface area (Å²) in [6, 6.07) is 2.16. The van der Waals surface area contributed by atoms with E-state index < -0.39 is 0 Å². The molecule has 2 heteroatoms. The molecule has 0 N–H and O–H groups in total. The number of rotatable bonds is 2. The van der Waals surface area contributed by atoms with E-state index in [-0.39, 0.29) is 0 Å². The van der Waals surface area contributed by atoms with Gasteiger partial charge in [0.2, 0.25) is 0 Å². The van der Waals surface area contributed by atoms with Crippen molar-refractivity contribution in [3.63, 3.8) is 0 Å². The molecule has 2 rings (SSSR count). The highest BCUT2D eigenvalue weighted by atomic mass is 35.5. The van der Waals surface area contributed by atoms with Crippen LogP contribution >= 0.6 is 11.6 Å². The summed E-state index contributed by atoms with van der Waals surface area (Å²) in [4.78, 5) is 0. The van der Waals surface area contributed by atoms with Crippen LogP contribution in [-0.4, -0.2) is 7.11 Å². The highest BCUT2D eigenvalue weighted by molar-refractivity contribution is 6.17. The molecule has 0 aliphatic heterocycles. The van der Waals surface area contributed by atoms with Crippen LogP contribution in [0.15, 0.2) is 6.07 Å². The van der Waals surface area contributed by atoms with Crippen LogP contribution in [0.1, 0.15) is 28.7 Å². The second-order valence-electron chi connectivity index (χ2n) is 3.83. The lowest BCUT2D eigenvalue weighted by atomic mass is 10.00. The summed E-state index contributed by atoms with van der Waals surface area (Å²) in [6.07, 6.45) is 3.54. The summed E-state index contributed by atoms with van der Waals surface area (Å²) in [6.45, 7) is 2.09. The van der Waals surface area contributed by atoms with Crippen molar-refractivity contribution in [2.24, 2.45) is 0 Å². The Bertz CT molecular complexity index is 358. The topological polar surface area (TPSA) is 9.23 Å². The second-order valence-corrected chi connectivity index (χ2v) is 4.10. The fourth-order valence-electron chi connectivity index (χ4n) is 2.40. The first-order valence-electron chi connectivity index (χ1n) is 5.02. The third-order valence-corrected chi connectivity index (χ3v) is 3.26. The number of methoxy groups -OCH3 is 1. The van der Waals surface area contributed by atoms with Crippen molar-refractivity contribution in [3.8, 4) is 5.75 Å². The number of benzene rings is 1. The minimum absolute atomic E-state index is 0.618. The van der Waals surface area contributed by atoms with E-state index in [4.69, 9.17) is 16.3 Å². The smallest absolute Gasteiger partial charge is 0.125 e. The van der Waals surface area contributed by atoms with Crippen molar-refractivity contribution >= 4 is 11.6 Å². The molecule has 1 aromatic rings. The Kier molecular flexibility index (Phi) is 2.69. The van der Waals surface area contributed by atoms with Crippen LogP contribution in [0.5, 0.6) is 5.75 Å². The predicted molar refractivity (Wildman–Crippen MR) is 59.3 cm³/mol. The minimum Gasteiger partial charge on any atom is -0.496 e. The van der Waals surface area contributed by atoms with E-state index in [1.807, 2.05) is 0 Å². The molecule has 1 nitrogen and oxygen atoms in total. The van der Waals surface area contributed by atoms with Crippen molar-refractivity contribution in [3.05, 3.63) is 28.3 Å². The largest absolute Gasteiger partial charge is 0.496 e. The SMILES string of the molecule is COc1c(C)cc(CCl)c2c1CCC2. The maximum atomic E-state index is 5.94. The molecule has 0 radical (unpaired) electrons. The summed E-state index contributed by atoms with van der Waals surface area (Å²) in [5.41, 5.74) is 5.33. The van der Waals surface area contributed by atoms with Gasteiger partial charge in [0.15, 0.2) is 0 Å². The predicted octanol–water partition coefficient (Wildman–Crippen LogP) is 3.23. The van der Waals surface area contributed by atoms with Gasteiger partial charge in [0, 0.05) is 5.88 Å². The minimum atomic E-state index is 0.618. The number of hydrogen-bond acceptors (Lipinski definition) is 1. The molecule has 0 atom stereocenters. The number of aryl methyl sites for hydroxylation is 1. The average molecular weight is 211 g/mol. The van der Waals surface area contributed by atoms with E-state index in [0.29, 0.717) is 5.88 Å². The molecular weight excluding hydrogens is 196 g/mol. The molecule has 1 aromatic carbocycles. The zero-order chi connectivity index (χ0) is 10.1. The van der Waals surface area contributed by atoms with Crippen LogP contribution in [-0.2, 0) is 18.7 Å². The molecular formula is C12H15ClO. The molecule has 76 valence electrons. The van der Waals surface area contributed by atoms with Gasteiger partial charge >= 0.3 is 0 Å². The van der Waals surface area contributed by atoms with Crippen LogP contribution in [0.2, 0.25) is 0 Å². The van der Waals surface area contributed by atoms with Crippen LogP contribution in [0.4, 0.5) is 0 Å². The van der Waals surface area contributed by atoms with E-state index in [2.05, 4.69) is 13.0 Å². The Labute approximate surface area is 90.0 Å². The van der Waals surface area contributed by atoms with Crippen molar-refractivity contribution in [2.45, 2.75) is 32.1 Å². The first-order valence-corrected chi connectivity index (χ1v) is 5.55. The standard InChI is InChI=1S/C12H15ClO/c1-8-6-9(7-13)10-4-3-5-11(10)12(8)14-2/h6H,3-5,7H2,1-2H3. The molecule has 0 spiro atoms. The number of hydrogen-bond donors (Lipinski definition) is 0. The lowest BCUT2D eigenvalue weighted by Gasteiger charge is -2.13. The maximum absolute atomic E-state index is 5.94. The summed E-state index contributed by atoms with van der Waals surface area (Å²) < 4.78 is 5.44. The first-order chi connectivity index (χ1) is 6.77. The molecule has 1 aliphatic carbocycles. The summed E-state index contributed by atoms with van der Waals surface area (Å²) in [7, 11) is 1.75. The Morgan fingerprint density at radius 3 is 2.71 bits per heavy atom. The number of ether oxygens (including phenoxy) is 1. The maximum Gasteiger partial charge on any atom is 0.125 e. The fourth-order valence-corrected chi connectivity index (χ4v) is 2.64. The first kappa shape index (κ1) is 9.85. The van der Waals surface area contributed by atoms with E-state index in [1.165, 1.54) is 28.7 Å². The van der Waals surface area contributed by atoms with Crippen LogP contribution in [0, 0.1) is 6.92 Å². The van der Waals surface area contributed by atoms with Crippen LogP contribution in [0.25, 0.3) is 0 Å². The van der Waals surface area contributed by atoms with Gasteiger partial charge in [-0.3, -0.25) is 0 Å². The van der Waals surface area contributed by atoms with E-state index >= 15 is 0 Å². The number of alkyl halides is 1. The Balaban J connectivity index is 2.61. The van der Waals surface area contributed by atoms with Crippen molar-refractivity contribution in [1.82, 2.24) is 0 Å². The van der Waals surface area contributed by atoms with Gasteiger partial charge in [0.1, 0.15) is 5.75 Å². The zero-order valence-electron chi connectivity index (χ0n) is 8.69. The van der Waals surface area contributed by atoms with E-state index in [9.17, 15) is 0 Å². The molecule has 0 unspecified atom stereocenters. The average Bonchev–Trinajstić information content (AvgIpc) is 2.65. The summed E-state index contributed by atoms with van der Waals surface area (Å²) >= 11 is 5.94. The van der Waals surface area contributed by atoms with Crippen LogP contribution in [0.3, 0.4) is 0 Å². The van der Waals surface area contributed by atoms with E-state index in [0.717, 1.165) is 18.6 Å². The fraction of sp³-hybridized carbons (Fsp3) is 0.500. The molecule has 0 saturated carbocycles. The zero-order valence-corrected chi connectivity index (χ0v) is 9.45. The van der Waals surface area contributed by atoms with Gasteiger partial charge in [0.25, 0.3) is 0 Å². The number of fused-ring (bicyclic) bond motifs is 1. The quantitative estimate of drug-likeness (QED) is 0.681. The molecule has 0 fully saturated rings. The molecule has 1 aliphatic rings. The third-order valence-electron chi connectivity index (χ3n) is 2.98. The molecule has 0 aromatic heterocycles. The van der Waals surface area contributed by atoms with Gasteiger partial charge in [-0.05, 0) is 48.4 Å².